The Bertz CT molecular complexity index is 350. The predicted molar refractivity (Wildman–Crippen MR) is 80.7 cm³/mol. The Labute approximate surface area is 119 Å². The fraction of sp³-hybridized carbons (Fsp3) is 1.00. The molecule has 0 radical (unpaired) electrons. The zero-order valence-electron chi connectivity index (χ0n) is 12.9. The van der Waals surface area contributed by atoms with Crippen molar-refractivity contribution in [1.82, 2.24) is 9.62 Å². The van der Waals surface area contributed by atoms with E-state index in [4.69, 9.17) is 0 Å². The molecule has 0 heterocycles. The number of unbranched alkanes of at least 4 members (excludes halogenated alkanes) is 1. The van der Waals surface area contributed by atoms with Gasteiger partial charge < -0.3 is 5.32 Å². The molecule has 1 unspecified atom stereocenters. The molecule has 1 saturated carbocycles. The molecule has 19 heavy (non-hydrogen) atoms. The van der Waals surface area contributed by atoms with Crippen molar-refractivity contribution < 1.29 is 8.42 Å². The minimum Gasteiger partial charge on any atom is -0.314 e. The van der Waals surface area contributed by atoms with Crippen LogP contribution >= 0.6 is 0 Å². The normalized spacial score (nSPS) is 18.2. The van der Waals surface area contributed by atoms with Gasteiger partial charge in [-0.15, -0.1) is 0 Å². The van der Waals surface area contributed by atoms with Crippen molar-refractivity contribution in [2.24, 2.45) is 5.92 Å². The van der Waals surface area contributed by atoms with E-state index < -0.39 is 10.0 Å². The molecule has 114 valence electrons. The van der Waals surface area contributed by atoms with Crippen LogP contribution in [0.25, 0.3) is 0 Å². The smallest absolute Gasteiger partial charge is 0.214 e. The highest BCUT2D eigenvalue weighted by molar-refractivity contribution is 7.89. The molecule has 5 heteroatoms. The summed E-state index contributed by atoms with van der Waals surface area (Å²) in [6.07, 6.45) is 5.18. The van der Waals surface area contributed by atoms with E-state index in [-0.39, 0.29) is 11.8 Å². The predicted octanol–water partition coefficient (Wildman–Crippen LogP) is 2.21. The summed E-state index contributed by atoms with van der Waals surface area (Å²) in [7, 11) is -1.37. The van der Waals surface area contributed by atoms with Gasteiger partial charge in [0.15, 0.2) is 0 Å². The highest BCUT2D eigenvalue weighted by atomic mass is 32.2. The maximum Gasteiger partial charge on any atom is 0.214 e. The summed E-state index contributed by atoms with van der Waals surface area (Å²) in [4.78, 5) is 0. The molecular formula is C14H30N2O2S. The zero-order valence-corrected chi connectivity index (χ0v) is 13.7. The summed E-state index contributed by atoms with van der Waals surface area (Å²) in [6, 6.07) is 0.805. The lowest BCUT2D eigenvalue weighted by atomic mass is 10.1. The van der Waals surface area contributed by atoms with Crippen LogP contribution in [0.3, 0.4) is 0 Å². The molecule has 0 spiro atoms. The van der Waals surface area contributed by atoms with Gasteiger partial charge in [0.2, 0.25) is 10.0 Å². The second-order valence-electron chi connectivity index (χ2n) is 6.25. The second-order valence-corrected chi connectivity index (χ2v) is 8.39. The van der Waals surface area contributed by atoms with E-state index in [2.05, 4.69) is 19.2 Å². The summed E-state index contributed by atoms with van der Waals surface area (Å²) in [6.45, 7) is 7.19. The van der Waals surface area contributed by atoms with Crippen LogP contribution in [0.4, 0.5) is 0 Å². The molecule has 0 aliphatic heterocycles. The highest BCUT2D eigenvalue weighted by Gasteiger charge is 2.23. The van der Waals surface area contributed by atoms with Crippen molar-refractivity contribution in [2.45, 2.75) is 65.0 Å². The van der Waals surface area contributed by atoms with Gasteiger partial charge in [-0.1, -0.05) is 13.8 Å². The van der Waals surface area contributed by atoms with Gasteiger partial charge in [0.25, 0.3) is 0 Å². The van der Waals surface area contributed by atoms with Crippen LogP contribution in [0.5, 0.6) is 0 Å². The van der Waals surface area contributed by atoms with Crippen molar-refractivity contribution in [1.29, 1.82) is 0 Å². The van der Waals surface area contributed by atoms with Gasteiger partial charge in [-0.25, -0.2) is 12.7 Å². The number of hydrogen-bond donors (Lipinski definition) is 1. The van der Waals surface area contributed by atoms with Gasteiger partial charge >= 0.3 is 0 Å². The van der Waals surface area contributed by atoms with Crippen LogP contribution in [0, 0.1) is 5.92 Å². The van der Waals surface area contributed by atoms with Crippen LogP contribution in [-0.2, 0) is 10.0 Å². The summed E-state index contributed by atoms with van der Waals surface area (Å²) >= 11 is 0. The Morgan fingerprint density at radius 3 is 2.37 bits per heavy atom. The Morgan fingerprint density at radius 1 is 1.21 bits per heavy atom. The average molecular weight is 290 g/mol. The van der Waals surface area contributed by atoms with Crippen LogP contribution in [0.1, 0.15) is 52.9 Å². The molecule has 1 atom stereocenters. The van der Waals surface area contributed by atoms with Gasteiger partial charge in [0.1, 0.15) is 0 Å². The molecule has 4 nitrogen and oxygen atoms in total. The second kappa shape index (κ2) is 7.60. The quantitative estimate of drug-likeness (QED) is 0.628. The van der Waals surface area contributed by atoms with E-state index in [1.807, 2.05) is 6.92 Å². The minimum absolute atomic E-state index is 0.0922. The maximum atomic E-state index is 12.2. The molecule has 1 N–H and O–H groups in total. The largest absolute Gasteiger partial charge is 0.314 e. The molecule has 0 saturated heterocycles. The highest BCUT2D eigenvalue weighted by Crippen LogP contribution is 2.18. The number of nitrogens with zero attached hydrogens (tertiary/aromatic N) is 1. The molecule has 0 aromatic rings. The molecule has 0 aromatic carbocycles. The molecule has 0 bridgehead atoms. The lowest BCUT2D eigenvalue weighted by molar-refractivity contribution is 0.337. The third-order valence-corrected chi connectivity index (χ3v) is 5.75. The Kier molecular flexibility index (Phi) is 6.77. The van der Waals surface area contributed by atoms with E-state index in [1.54, 1.807) is 11.4 Å². The minimum atomic E-state index is -3.08. The Hall–Kier alpha value is -0.130. The summed E-state index contributed by atoms with van der Waals surface area (Å²) in [5.74, 6) is 0.800. The summed E-state index contributed by atoms with van der Waals surface area (Å²) in [5.41, 5.74) is 0. The van der Waals surface area contributed by atoms with E-state index in [0.29, 0.717) is 12.0 Å². The van der Waals surface area contributed by atoms with E-state index in [0.717, 1.165) is 25.8 Å². The first kappa shape index (κ1) is 16.9. The number of sulfonamides is 1. The van der Waals surface area contributed by atoms with Crippen LogP contribution in [-0.4, -0.2) is 44.2 Å². The standard InChI is InChI=1S/C14H30N2O2S/c1-12(2)11-13(3)16(4)19(17,18)10-6-5-9-15-14-7-8-14/h12-15H,5-11H2,1-4H3. The molecule has 0 aromatic heterocycles. The fourth-order valence-electron chi connectivity index (χ4n) is 2.25. The third kappa shape index (κ3) is 6.72. The SMILES string of the molecule is CC(C)CC(C)N(C)S(=O)(=O)CCCCNC1CC1. The van der Waals surface area contributed by atoms with Gasteiger partial charge in [-0.05, 0) is 51.5 Å². The van der Waals surface area contributed by atoms with Crippen LogP contribution < -0.4 is 5.32 Å². The van der Waals surface area contributed by atoms with E-state index >= 15 is 0 Å². The molecule has 0 amide bonds. The van der Waals surface area contributed by atoms with E-state index in [9.17, 15) is 8.42 Å². The Balaban J connectivity index is 2.23. The lowest BCUT2D eigenvalue weighted by Crippen LogP contribution is -2.37. The number of nitrogens with one attached hydrogen (secondary N) is 1. The molecular weight excluding hydrogens is 260 g/mol. The lowest BCUT2D eigenvalue weighted by Gasteiger charge is -2.25. The van der Waals surface area contributed by atoms with Gasteiger partial charge in [-0.2, -0.15) is 0 Å². The summed E-state index contributed by atoms with van der Waals surface area (Å²) in [5, 5.41) is 3.41. The van der Waals surface area contributed by atoms with Crippen LogP contribution in [0.15, 0.2) is 0 Å². The maximum absolute atomic E-state index is 12.2. The Morgan fingerprint density at radius 2 is 1.84 bits per heavy atom. The number of rotatable bonds is 10. The summed E-state index contributed by atoms with van der Waals surface area (Å²) < 4.78 is 25.9. The van der Waals surface area contributed by atoms with Crippen LogP contribution in [0.2, 0.25) is 0 Å². The van der Waals surface area contributed by atoms with Gasteiger partial charge in [0, 0.05) is 19.1 Å². The molecule has 1 aliphatic rings. The molecule has 1 aliphatic carbocycles. The van der Waals surface area contributed by atoms with Gasteiger partial charge in [0.05, 0.1) is 5.75 Å². The van der Waals surface area contributed by atoms with Crippen molar-refractivity contribution in [3.63, 3.8) is 0 Å². The first-order valence-corrected chi connectivity index (χ1v) is 9.13. The zero-order chi connectivity index (χ0) is 14.5. The molecule has 1 fully saturated rings. The fourth-order valence-corrected chi connectivity index (χ4v) is 3.74. The van der Waals surface area contributed by atoms with Gasteiger partial charge in [-0.3, -0.25) is 0 Å². The number of hydrogen-bond acceptors (Lipinski definition) is 3. The van der Waals surface area contributed by atoms with E-state index in [1.165, 1.54) is 12.8 Å². The monoisotopic (exact) mass is 290 g/mol. The van der Waals surface area contributed by atoms with Crippen molar-refractivity contribution in [2.75, 3.05) is 19.3 Å². The third-order valence-electron chi connectivity index (χ3n) is 3.71. The molecule has 1 rings (SSSR count). The topological polar surface area (TPSA) is 49.4 Å². The average Bonchev–Trinajstić information content (AvgIpc) is 3.10. The van der Waals surface area contributed by atoms with Crippen molar-refractivity contribution >= 4 is 10.0 Å². The van der Waals surface area contributed by atoms with Crippen molar-refractivity contribution in [3.05, 3.63) is 0 Å². The van der Waals surface area contributed by atoms with Crippen molar-refractivity contribution in [3.8, 4) is 0 Å². The first-order chi connectivity index (χ1) is 8.83. The first-order valence-electron chi connectivity index (χ1n) is 7.52.